The first-order valence-electron chi connectivity index (χ1n) is 9.91. The Balaban J connectivity index is 1.64. The van der Waals surface area contributed by atoms with Crippen LogP contribution in [-0.4, -0.2) is 34.6 Å². The van der Waals surface area contributed by atoms with Crippen LogP contribution in [0.4, 0.5) is 0 Å². The van der Waals surface area contributed by atoms with E-state index in [1.54, 1.807) is 6.07 Å². The van der Waals surface area contributed by atoms with Crippen LogP contribution in [0.15, 0.2) is 61.2 Å². The number of nitrogens with one attached hydrogen (secondary N) is 1. The number of phenolic OH excluding ortho intramolecular Hbond substituents is 1. The standard InChI is InChI=1S/C24H26N2O/c1-2-11-26-12-10-24(17-6-5-7-19(27)13-17)15-23-21(14-18(24)16-26)20-8-3-4-9-22(20)25-23/h2-9,13,18,25,27H,1,10-12,14-16H2/t18-,24?/m0/s1. The molecule has 1 unspecified atom stereocenters. The van der Waals surface area contributed by atoms with E-state index in [9.17, 15) is 5.11 Å². The number of piperidine rings is 1. The molecule has 0 amide bonds. The first kappa shape index (κ1) is 16.6. The van der Waals surface area contributed by atoms with Crippen LogP contribution >= 0.6 is 0 Å². The predicted octanol–water partition coefficient (Wildman–Crippen LogP) is 4.42. The van der Waals surface area contributed by atoms with E-state index in [1.807, 2.05) is 18.2 Å². The van der Waals surface area contributed by atoms with Crippen molar-refractivity contribution in [3.05, 3.63) is 78.0 Å². The number of H-pyrrole nitrogens is 1. The van der Waals surface area contributed by atoms with Crippen molar-refractivity contribution in [2.75, 3.05) is 19.6 Å². The van der Waals surface area contributed by atoms with Crippen molar-refractivity contribution in [2.24, 2.45) is 5.92 Å². The Hall–Kier alpha value is -2.52. The van der Waals surface area contributed by atoms with Gasteiger partial charge in [-0.2, -0.15) is 0 Å². The van der Waals surface area contributed by atoms with Gasteiger partial charge in [0, 0.05) is 35.1 Å². The molecule has 2 aromatic carbocycles. The van der Waals surface area contributed by atoms with Gasteiger partial charge in [0.2, 0.25) is 0 Å². The molecule has 138 valence electrons. The van der Waals surface area contributed by atoms with E-state index >= 15 is 0 Å². The van der Waals surface area contributed by atoms with Gasteiger partial charge in [0.25, 0.3) is 0 Å². The Morgan fingerprint density at radius 3 is 2.96 bits per heavy atom. The van der Waals surface area contributed by atoms with Crippen LogP contribution < -0.4 is 0 Å². The zero-order valence-corrected chi connectivity index (χ0v) is 15.6. The van der Waals surface area contributed by atoms with Crippen molar-refractivity contribution in [1.29, 1.82) is 0 Å². The monoisotopic (exact) mass is 358 g/mol. The Labute approximate surface area is 160 Å². The zero-order valence-electron chi connectivity index (χ0n) is 15.6. The van der Waals surface area contributed by atoms with Crippen molar-refractivity contribution in [1.82, 2.24) is 9.88 Å². The van der Waals surface area contributed by atoms with Gasteiger partial charge in [-0.15, -0.1) is 6.58 Å². The average Bonchev–Trinajstić information content (AvgIpc) is 3.03. The number of rotatable bonds is 3. The second-order valence-corrected chi connectivity index (χ2v) is 8.21. The summed E-state index contributed by atoms with van der Waals surface area (Å²) in [5.41, 5.74) is 5.49. The summed E-state index contributed by atoms with van der Waals surface area (Å²) in [4.78, 5) is 6.23. The molecule has 1 saturated heterocycles. The predicted molar refractivity (Wildman–Crippen MR) is 110 cm³/mol. The van der Waals surface area contributed by atoms with E-state index < -0.39 is 0 Å². The molecule has 0 spiro atoms. The molecule has 2 heterocycles. The lowest BCUT2D eigenvalue weighted by Gasteiger charge is -2.51. The van der Waals surface area contributed by atoms with Gasteiger partial charge < -0.3 is 10.1 Å². The van der Waals surface area contributed by atoms with Crippen molar-refractivity contribution >= 4 is 10.9 Å². The fourth-order valence-electron chi connectivity index (χ4n) is 5.48. The van der Waals surface area contributed by atoms with Crippen LogP contribution in [0.5, 0.6) is 5.75 Å². The molecule has 1 fully saturated rings. The summed E-state index contributed by atoms with van der Waals surface area (Å²) in [5, 5.41) is 11.5. The molecule has 1 aliphatic carbocycles. The summed E-state index contributed by atoms with van der Waals surface area (Å²) >= 11 is 0. The average molecular weight is 358 g/mol. The number of likely N-dealkylation sites (tertiary alicyclic amines) is 1. The fourth-order valence-corrected chi connectivity index (χ4v) is 5.48. The topological polar surface area (TPSA) is 39.3 Å². The number of hydrogen-bond acceptors (Lipinski definition) is 2. The van der Waals surface area contributed by atoms with Gasteiger partial charge in [0.15, 0.2) is 0 Å². The highest BCUT2D eigenvalue weighted by atomic mass is 16.3. The van der Waals surface area contributed by atoms with Crippen molar-refractivity contribution in [3.8, 4) is 5.75 Å². The third kappa shape index (κ3) is 2.61. The Morgan fingerprint density at radius 1 is 1.22 bits per heavy atom. The number of phenols is 1. The summed E-state index contributed by atoms with van der Waals surface area (Å²) in [6.45, 7) is 7.05. The van der Waals surface area contributed by atoms with Crippen LogP contribution in [0.3, 0.4) is 0 Å². The third-order valence-corrected chi connectivity index (χ3v) is 6.79. The molecule has 2 aliphatic rings. The second-order valence-electron chi connectivity index (χ2n) is 8.21. The molecule has 2 atom stereocenters. The highest BCUT2D eigenvalue weighted by Crippen LogP contribution is 2.49. The minimum absolute atomic E-state index is 0.0876. The van der Waals surface area contributed by atoms with Gasteiger partial charge in [-0.05, 0) is 61.1 Å². The molecule has 27 heavy (non-hydrogen) atoms. The van der Waals surface area contributed by atoms with Gasteiger partial charge in [-0.3, -0.25) is 4.90 Å². The number of para-hydroxylation sites is 1. The number of fused-ring (bicyclic) bond motifs is 4. The van der Waals surface area contributed by atoms with Crippen LogP contribution in [0, 0.1) is 5.92 Å². The SMILES string of the molecule is C=CCN1CCC2(c3cccc(O)c3)Cc3[nH]c4ccccc4c3C[C@H]2C1. The van der Waals surface area contributed by atoms with Crippen LogP contribution in [-0.2, 0) is 18.3 Å². The van der Waals surface area contributed by atoms with Crippen molar-refractivity contribution < 1.29 is 5.11 Å². The lowest BCUT2D eigenvalue weighted by molar-refractivity contribution is 0.0896. The van der Waals surface area contributed by atoms with E-state index in [4.69, 9.17) is 0 Å². The van der Waals surface area contributed by atoms with E-state index in [-0.39, 0.29) is 5.41 Å². The zero-order chi connectivity index (χ0) is 18.4. The Morgan fingerprint density at radius 2 is 2.11 bits per heavy atom. The van der Waals surface area contributed by atoms with E-state index in [2.05, 4.69) is 46.8 Å². The number of nitrogens with zero attached hydrogens (tertiary/aromatic N) is 1. The third-order valence-electron chi connectivity index (χ3n) is 6.79. The molecule has 3 heteroatoms. The Kier molecular flexibility index (Phi) is 3.87. The maximum Gasteiger partial charge on any atom is 0.115 e. The van der Waals surface area contributed by atoms with Crippen LogP contribution in [0.2, 0.25) is 0 Å². The highest BCUT2D eigenvalue weighted by molar-refractivity contribution is 5.85. The number of aromatic nitrogens is 1. The molecule has 1 aromatic heterocycles. The highest BCUT2D eigenvalue weighted by Gasteiger charge is 2.47. The van der Waals surface area contributed by atoms with Gasteiger partial charge >= 0.3 is 0 Å². The first-order valence-corrected chi connectivity index (χ1v) is 9.91. The molecular weight excluding hydrogens is 332 g/mol. The van der Waals surface area contributed by atoms with Gasteiger partial charge in [-0.1, -0.05) is 36.4 Å². The number of hydrogen-bond donors (Lipinski definition) is 2. The summed E-state index contributed by atoms with van der Waals surface area (Å²) in [6.07, 6.45) is 5.24. The first-order chi connectivity index (χ1) is 13.2. The van der Waals surface area contributed by atoms with E-state index in [1.165, 1.54) is 27.7 Å². The summed E-state index contributed by atoms with van der Waals surface area (Å²) in [6, 6.07) is 16.6. The smallest absolute Gasteiger partial charge is 0.115 e. The number of aromatic hydroxyl groups is 1. The number of benzene rings is 2. The molecule has 0 saturated carbocycles. The van der Waals surface area contributed by atoms with Crippen molar-refractivity contribution in [3.63, 3.8) is 0 Å². The lowest BCUT2D eigenvalue weighted by atomic mass is 9.58. The minimum Gasteiger partial charge on any atom is -0.508 e. The summed E-state index contributed by atoms with van der Waals surface area (Å²) < 4.78 is 0. The fraction of sp³-hybridized carbons (Fsp3) is 0.333. The van der Waals surface area contributed by atoms with Gasteiger partial charge in [0.05, 0.1) is 0 Å². The van der Waals surface area contributed by atoms with Crippen LogP contribution in [0.25, 0.3) is 10.9 Å². The second kappa shape index (κ2) is 6.28. The maximum atomic E-state index is 10.1. The molecule has 0 radical (unpaired) electrons. The quantitative estimate of drug-likeness (QED) is 0.681. The van der Waals surface area contributed by atoms with Gasteiger partial charge in [-0.25, -0.2) is 0 Å². The Bertz CT molecular complexity index is 1000. The molecule has 0 bridgehead atoms. The molecule has 3 aromatic rings. The molecule has 1 aliphatic heterocycles. The molecule has 2 N–H and O–H groups in total. The normalized spacial score (nSPS) is 25.1. The van der Waals surface area contributed by atoms with E-state index in [0.717, 1.165) is 38.9 Å². The summed E-state index contributed by atoms with van der Waals surface area (Å²) in [5.74, 6) is 0.913. The van der Waals surface area contributed by atoms with Crippen LogP contribution in [0.1, 0.15) is 23.2 Å². The summed E-state index contributed by atoms with van der Waals surface area (Å²) in [7, 11) is 0. The molecular formula is C24H26N2O. The minimum atomic E-state index is 0.0876. The largest absolute Gasteiger partial charge is 0.508 e. The van der Waals surface area contributed by atoms with Gasteiger partial charge in [0.1, 0.15) is 5.75 Å². The number of aromatic amines is 1. The van der Waals surface area contributed by atoms with Crippen molar-refractivity contribution in [2.45, 2.75) is 24.7 Å². The van der Waals surface area contributed by atoms with E-state index in [0.29, 0.717) is 11.7 Å². The maximum absolute atomic E-state index is 10.1. The molecule has 5 rings (SSSR count). The lowest BCUT2D eigenvalue weighted by Crippen LogP contribution is -2.53. The molecule has 3 nitrogen and oxygen atoms in total.